The van der Waals surface area contributed by atoms with Crippen molar-refractivity contribution in [3.8, 4) is 22.5 Å². The molecule has 5 aromatic rings. The molecule has 2 aromatic heterocycles. The van der Waals surface area contributed by atoms with E-state index < -0.39 is 54.6 Å². The highest BCUT2D eigenvalue weighted by Gasteiger charge is 2.45. The molecule has 3 aliphatic heterocycles. The lowest BCUT2D eigenvalue weighted by Crippen LogP contribution is -2.52. The summed E-state index contributed by atoms with van der Waals surface area (Å²) in [7, 11) is 2.48. The molecule has 4 atom stereocenters. The highest BCUT2D eigenvalue weighted by Crippen LogP contribution is 2.39. The summed E-state index contributed by atoms with van der Waals surface area (Å²) in [6.07, 6.45) is 4.58. The van der Waals surface area contributed by atoms with Gasteiger partial charge in [-0.2, -0.15) is 0 Å². The first kappa shape index (κ1) is 41.6. The number of hydrogen-bond donors (Lipinski definition) is 3. The van der Waals surface area contributed by atoms with Gasteiger partial charge in [-0.3, -0.25) is 24.3 Å². The van der Waals surface area contributed by atoms with Crippen molar-refractivity contribution in [1.29, 1.82) is 0 Å². The second kappa shape index (κ2) is 17.4. The maximum atomic E-state index is 13.7. The van der Waals surface area contributed by atoms with E-state index in [2.05, 4.69) is 25.6 Å². The first-order chi connectivity index (χ1) is 29.9. The number of ether oxygens (including phenoxy) is 3. The summed E-state index contributed by atoms with van der Waals surface area (Å²) in [5.74, 6) is -1.26. The Balaban J connectivity index is 0.905. The van der Waals surface area contributed by atoms with Crippen LogP contribution in [0.3, 0.4) is 0 Å². The molecule has 0 spiro atoms. The molecule has 3 aromatic carbocycles. The number of fused-ring (bicyclic) bond motifs is 1. The number of hydrogen-bond acceptors (Lipinski definition) is 12. The van der Waals surface area contributed by atoms with Crippen LogP contribution in [0, 0.1) is 5.92 Å². The van der Waals surface area contributed by atoms with Crippen molar-refractivity contribution in [1.82, 2.24) is 35.5 Å². The number of aromatic amines is 1. The van der Waals surface area contributed by atoms with Crippen LogP contribution in [-0.4, -0.2) is 106 Å². The number of benzene rings is 3. The van der Waals surface area contributed by atoms with Gasteiger partial charge in [0.25, 0.3) is 5.91 Å². The molecule has 1 saturated heterocycles. The Hall–Kier alpha value is -7.17. The lowest BCUT2D eigenvalue weighted by Gasteiger charge is -2.30. The van der Waals surface area contributed by atoms with E-state index in [0.29, 0.717) is 47.6 Å². The minimum absolute atomic E-state index is 0.136. The molecule has 1 fully saturated rings. The van der Waals surface area contributed by atoms with Crippen LogP contribution < -0.4 is 15.5 Å². The average Bonchev–Trinajstić information content (AvgIpc) is 4.05. The number of aryl methyl sites for hydroxylation is 1. The molecule has 62 heavy (non-hydrogen) atoms. The van der Waals surface area contributed by atoms with Gasteiger partial charge in [0.2, 0.25) is 5.91 Å². The first-order valence-corrected chi connectivity index (χ1v) is 20.5. The number of nitrogens with one attached hydrogen (secondary N) is 3. The second-order valence-corrected chi connectivity index (χ2v) is 15.9. The topological polar surface area (TPSA) is 215 Å². The lowest BCUT2D eigenvalue weighted by atomic mass is 10.0. The standard InChI is InChI=1S/C45H46N8O9/c1-24(2)38(51-45(59)61-4)42(56)52-18-6-9-35(52)40-47-22-34(49-40)26-12-10-25(11-13-26)33-21-46-32-19-28(15-16-30(32)48-33)37(54)23-62-43(57)36-20-29-8-5-7-27-14-17-31(50-44(58)60-3)41(55)53(36)39(27)29/h5,7-8,10-13,15-16,19,21-22,24,31,35-36,38H,6,9,14,17-18,20,23H2,1-4H3,(H,47,49)(H,50,58)(H,51,59)/t31?,35-,36?,38-/m0/s1. The summed E-state index contributed by atoms with van der Waals surface area (Å²) in [5.41, 5.74) is 6.76. The minimum Gasteiger partial charge on any atom is -0.456 e. The van der Waals surface area contributed by atoms with Gasteiger partial charge in [0.1, 0.15) is 23.9 Å². The molecule has 2 unspecified atom stereocenters. The van der Waals surface area contributed by atoms with Gasteiger partial charge >= 0.3 is 18.2 Å². The van der Waals surface area contributed by atoms with Gasteiger partial charge in [0.05, 0.1) is 60.8 Å². The predicted molar refractivity (Wildman–Crippen MR) is 225 cm³/mol. The van der Waals surface area contributed by atoms with Crippen LogP contribution in [0.2, 0.25) is 0 Å². The fraction of sp³-hybridized carbons (Fsp3) is 0.356. The van der Waals surface area contributed by atoms with Crippen molar-refractivity contribution >= 4 is 52.5 Å². The maximum Gasteiger partial charge on any atom is 0.407 e. The Bertz CT molecular complexity index is 2570. The molecule has 8 rings (SSSR count). The number of alkyl carbamates (subject to hydrolysis) is 2. The number of likely N-dealkylation sites (tertiary alicyclic amines) is 1. The number of imidazole rings is 1. The van der Waals surface area contributed by atoms with E-state index in [4.69, 9.17) is 19.2 Å². The molecule has 3 N–H and O–H groups in total. The van der Waals surface area contributed by atoms with E-state index in [1.165, 1.54) is 19.1 Å². The minimum atomic E-state index is -1.000. The molecule has 4 amide bonds. The van der Waals surface area contributed by atoms with Gasteiger partial charge in [-0.25, -0.2) is 24.4 Å². The number of para-hydroxylation sites is 1. The van der Waals surface area contributed by atoms with Crippen molar-refractivity contribution in [2.75, 3.05) is 32.3 Å². The van der Waals surface area contributed by atoms with Crippen LogP contribution in [0.15, 0.2) is 73.1 Å². The van der Waals surface area contributed by atoms with E-state index in [-0.39, 0.29) is 29.9 Å². The number of carbonyl (C=O) groups excluding carboxylic acids is 6. The lowest BCUT2D eigenvalue weighted by molar-refractivity contribution is -0.145. The zero-order valence-electron chi connectivity index (χ0n) is 34.7. The monoisotopic (exact) mass is 842 g/mol. The van der Waals surface area contributed by atoms with Crippen LogP contribution in [0.25, 0.3) is 33.5 Å². The van der Waals surface area contributed by atoms with E-state index in [0.717, 1.165) is 40.8 Å². The Morgan fingerprint density at radius 2 is 1.65 bits per heavy atom. The van der Waals surface area contributed by atoms with Crippen molar-refractivity contribution in [2.45, 2.75) is 70.1 Å². The van der Waals surface area contributed by atoms with Crippen molar-refractivity contribution in [3.63, 3.8) is 0 Å². The van der Waals surface area contributed by atoms with E-state index in [9.17, 15) is 28.8 Å². The number of aromatic nitrogens is 4. The number of anilines is 1. The third-order valence-corrected chi connectivity index (χ3v) is 11.7. The number of methoxy groups -OCH3 is 2. The van der Waals surface area contributed by atoms with Gasteiger partial charge in [-0.15, -0.1) is 0 Å². The Morgan fingerprint density at radius 1 is 0.887 bits per heavy atom. The van der Waals surface area contributed by atoms with Gasteiger partial charge in [0, 0.05) is 24.1 Å². The number of Topliss-reactive ketones (excluding diaryl/α,β-unsaturated/α-hetero) is 1. The van der Waals surface area contributed by atoms with E-state index >= 15 is 0 Å². The number of amides is 4. The number of H-pyrrole nitrogens is 1. The molecule has 5 heterocycles. The van der Waals surface area contributed by atoms with Crippen molar-refractivity contribution in [2.24, 2.45) is 5.92 Å². The number of esters is 1. The molecule has 0 radical (unpaired) electrons. The smallest absolute Gasteiger partial charge is 0.407 e. The Labute approximate surface area is 356 Å². The van der Waals surface area contributed by atoms with Crippen molar-refractivity contribution < 1.29 is 43.0 Å². The summed E-state index contributed by atoms with van der Waals surface area (Å²) >= 11 is 0. The summed E-state index contributed by atoms with van der Waals surface area (Å²) in [6.45, 7) is 3.76. The SMILES string of the molecule is COC(=O)NC1CCc2cccc3c2N(C1=O)C(C(=O)OCC(=O)c1ccc2nc(-c4ccc(-c5cnc([C@@H]6CCCN6C(=O)[C@@H](NC(=O)OC)C(C)C)[nH]5)cc4)cnc2c1)C3. The summed E-state index contributed by atoms with van der Waals surface area (Å²) < 4.78 is 15.0. The van der Waals surface area contributed by atoms with Crippen LogP contribution in [-0.2, 0) is 41.4 Å². The molecule has 0 aliphatic carbocycles. The largest absolute Gasteiger partial charge is 0.456 e. The summed E-state index contributed by atoms with van der Waals surface area (Å²) in [5, 5.41) is 5.25. The molecule has 320 valence electrons. The average molecular weight is 843 g/mol. The molecule has 0 saturated carbocycles. The summed E-state index contributed by atoms with van der Waals surface area (Å²) in [4.78, 5) is 98.6. The van der Waals surface area contributed by atoms with Crippen LogP contribution in [0.1, 0.15) is 66.5 Å². The summed E-state index contributed by atoms with van der Waals surface area (Å²) in [6, 6.07) is 15.4. The van der Waals surface area contributed by atoms with Gasteiger partial charge in [-0.1, -0.05) is 56.3 Å². The molecular formula is C45H46N8O9. The first-order valence-electron chi connectivity index (χ1n) is 20.5. The zero-order valence-corrected chi connectivity index (χ0v) is 34.7. The highest BCUT2D eigenvalue weighted by molar-refractivity contribution is 6.07. The van der Waals surface area contributed by atoms with Gasteiger partial charge < -0.3 is 34.7 Å². The normalized spacial score (nSPS) is 18.5. The fourth-order valence-electron chi connectivity index (χ4n) is 8.46. The van der Waals surface area contributed by atoms with Crippen LogP contribution in [0.5, 0.6) is 0 Å². The quantitative estimate of drug-likeness (QED) is 0.0902. The third kappa shape index (κ3) is 8.17. The Morgan fingerprint density at radius 3 is 2.40 bits per heavy atom. The second-order valence-electron chi connectivity index (χ2n) is 15.9. The molecule has 17 nitrogen and oxygen atoms in total. The van der Waals surface area contributed by atoms with E-state index in [1.54, 1.807) is 35.5 Å². The molecule has 17 heteroatoms. The molecule has 3 aliphatic rings. The fourth-order valence-corrected chi connectivity index (χ4v) is 8.46. The number of rotatable bonds is 11. The van der Waals surface area contributed by atoms with E-state index in [1.807, 2.05) is 56.3 Å². The number of nitrogens with zero attached hydrogens (tertiary/aromatic N) is 5. The predicted octanol–water partition coefficient (Wildman–Crippen LogP) is 5.09. The Kier molecular flexibility index (Phi) is 11.7. The third-order valence-electron chi connectivity index (χ3n) is 11.7. The number of ketones is 1. The van der Waals surface area contributed by atoms with Gasteiger partial charge in [0.15, 0.2) is 12.4 Å². The highest BCUT2D eigenvalue weighted by atomic mass is 16.5. The maximum absolute atomic E-state index is 13.7. The number of carbonyl (C=O) groups is 6. The van der Waals surface area contributed by atoms with Gasteiger partial charge in [-0.05, 0) is 66.5 Å². The molecular weight excluding hydrogens is 797 g/mol. The van der Waals surface area contributed by atoms with Crippen LogP contribution in [0.4, 0.5) is 15.3 Å². The van der Waals surface area contributed by atoms with Crippen LogP contribution >= 0.6 is 0 Å². The van der Waals surface area contributed by atoms with Crippen molar-refractivity contribution in [3.05, 3.63) is 95.6 Å². The molecule has 0 bridgehead atoms. The zero-order chi connectivity index (χ0) is 43.7.